The van der Waals surface area contributed by atoms with E-state index in [9.17, 15) is 9.59 Å². The summed E-state index contributed by atoms with van der Waals surface area (Å²) in [6.45, 7) is 1.97. The van der Waals surface area contributed by atoms with Crippen LogP contribution in [-0.2, 0) is 14.3 Å². The summed E-state index contributed by atoms with van der Waals surface area (Å²) < 4.78 is 9.82. The molecule has 0 aliphatic carbocycles. The molecule has 0 bridgehead atoms. The molecule has 0 N–H and O–H groups in total. The Kier molecular flexibility index (Phi) is 6.09. The van der Waals surface area contributed by atoms with Gasteiger partial charge in [0.15, 0.2) is 0 Å². The van der Waals surface area contributed by atoms with Gasteiger partial charge in [-0.25, -0.2) is 0 Å². The van der Waals surface area contributed by atoms with Crippen molar-refractivity contribution >= 4 is 28.9 Å². The van der Waals surface area contributed by atoms with Crippen LogP contribution in [0.25, 0.3) is 5.03 Å². The van der Waals surface area contributed by atoms with Gasteiger partial charge in [0.25, 0.3) is 0 Å². The van der Waals surface area contributed by atoms with Crippen LogP contribution in [0.15, 0.2) is 29.8 Å². The van der Waals surface area contributed by atoms with Gasteiger partial charge >= 0.3 is 5.97 Å². The van der Waals surface area contributed by atoms with E-state index in [-0.39, 0.29) is 23.6 Å². The van der Waals surface area contributed by atoms with E-state index in [2.05, 4.69) is 0 Å². The summed E-state index contributed by atoms with van der Waals surface area (Å²) in [7, 11) is 1.56. The highest BCUT2D eigenvalue weighted by Gasteiger charge is 2.12. The Balaban J connectivity index is 2.95. The van der Waals surface area contributed by atoms with Crippen molar-refractivity contribution in [2.75, 3.05) is 13.7 Å². The summed E-state index contributed by atoms with van der Waals surface area (Å²) in [5, 5.41) is 0.241. The molecule has 0 spiro atoms. The molecular weight excluding hydrogens is 268 g/mol. The predicted octanol–water partition coefficient (Wildman–Crippen LogP) is 2.80. The van der Waals surface area contributed by atoms with Crippen LogP contribution in [-0.4, -0.2) is 26.0 Å². The first kappa shape index (κ1) is 15.2. The number of halogens is 1. The summed E-state index contributed by atoms with van der Waals surface area (Å²) in [6, 6.07) is 6.89. The maximum atomic E-state index is 11.4. The first-order valence-corrected chi connectivity index (χ1v) is 6.14. The SMILES string of the molecule is CCOC(=O)C/C(C=O)=C(\Cl)c1ccc(OC)cc1. The van der Waals surface area contributed by atoms with Crippen molar-refractivity contribution in [1.82, 2.24) is 0 Å². The smallest absolute Gasteiger partial charge is 0.310 e. The normalized spacial score (nSPS) is 11.5. The Morgan fingerprint density at radius 2 is 1.95 bits per heavy atom. The van der Waals surface area contributed by atoms with Gasteiger partial charge in [0.2, 0.25) is 0 Å². The molecule has 102 valence electrons. The molecule has 0 amide bonds. The molecule has 5 heteroatoms. The zero-order valence-electron chi connectivity index (χ0n) is 10.8. The summed E-state index contributed by atoms with van der Waals surface area (Å²) >= 11 is 6.11. The quantitative estimate of drug-likeness (QED) is 0.457. The number of aldehydes is 1. The molecule has 0 radical (unpaired) electrons. The zero-order chi connectivity index (χ0) is 14.3. The number of ether oxygens (including phenoxy) is 2. The third-order valence-corrected chi connectivity index (χ3v) is 2.87. The summed E-state index contributed by atoms with van der Waals surface area (Å²) in [5.41, 5.74) is 0.846. The van der Waals surface area contributed by atoms with Crippen LogP contribution in [0.3, 0.4) is 0 Å². The van der Waals surface area contributed by atoms with E-state index in [1.54, 1.807) is 38.3 Å². The zero-order valence-corrected chi connectivity index (χ0v) is 11.6. The molecule has 4 nitrogen and oxygen atoms in total. The third-order valence-electron chi connectivity index (χ3n) is 2.41. The standard InChI is InChI=1S/C14H15ClO4/c1-3-19-13(17)8-11(9-16)14(15)10-4-6-12(18-2)7-5-10/h4-7,9H,3,8H2,1-2H3/b14-11+. The van der Waals surface area contributed by atoms with Gasteiger partial charge in [-0.05, 0) is 36.8 Å². The number of esters is 1. The van der Waals surface area contributed by atoms with Crippen LogP contribution in [0.4, 0.5) is 0 Å². The molecule has 0 aliphatic rings. The van der Waals surface area contributed by atoms with Gasteiger partial charge in [-0.1, -0.05) is 11.6 Å². The van der Waals surface area contributed by atoms with E-state index in [1.165, 1.54) is 0 Å². The van der Waals surface area contributed by atoms with Gasteiger partial charge in [-0.3, -0.25) is 9.59 Å². The van der Waals surface area contributed by atoms with Crippen LogP contribution in [0.2, 0.25) is 0 Å². The Labute approximate surface area is 117 Å². The fraction of sp³-hybridized carbons (Fsp3) is 0.286. The Hall–Kier alpha value is -1.81. The molecule has 0 aliphatic heterocycles. The monoisotopic (exact) mass is 282 g/mol. The second-order valence-corrected chi connectivity index (χ2v) is 4.05. The molecule has 0 aromatic heterocycles. The minimum absolute atomic E-state index is 0.137. The van der Waals surface area contributed by atoms with Gasteiger partial charge in [0.05, 0.1) is 25.2 Å². The maximum Gasteiger partial charge on any atom is 0.310 e. The fourth-order valence-corrected chi connectivity index (χ4v) is 1.70. The van der Waals surface area contributed by atoms with Crippen molar-refractivity contribution in [3.05, 3.63) is 35.4 Å². The average Bonchev–Trinajstić information content (AvgIpc) is 2.44. The number of carbonyl (C=O) groups is 2. The summed E-state index contributed by atoms with van der Waals surface area (Å²) in [6.07, 6.45) is 0.436. The molecule has 0 atom stereocenters. The highest BCUT2D eigenvalue weighted by Crippen LogP contribution is 2.26. The van der Waals surface area contributed by atoms with Crippen LogP contribution in [0, 0.1) is 0 Å². The Bertz CT molecular complexity index is 477. The Morgan fingerprint density at radius 1 is 1.32 bits per heavy atom. The molecule has 0 saturated heterocycles. The van der Waals surface area contributed by atoms with E-state index in [0.717, 1.165) is 0 Å². The van der Waals surface area contributed by atoms with E-state index < -0.39 is 5.97 Å². The first-order chi connectivity index (χ1) is 9.12. The van der Waals surface area contributed by atoms with Crippen molar-refractivity contribution in [1.29, 1.82) is 0 Å². The Morgan fingerprint density at radius 3 is 2.42 bits per heavy atom. The first-order valence-electron chi connectivity index (χ1n) is 5.76. The highest BCUT2D eigenvalue weighted by molar-refractivity contribution is 6.50. The topological polar surface area (TPSA) is 52.6 Å². The third kappa shape index (κ3) is 4.41. The van der Waals surface area contributed by atoms with Crippen molar-refractivity contribution in [2.45, 2.75) is 13.3 Å². The summed E-state index contributed by atoms with van der Waals surface area (Å²) in [5.74, 6) is 0.211. The van der Waals surface area contributed by atoms with Crippen molar-refractivity contribution in [2.24, 2.45) is 0 Å². The van der Waals surface area contributed by atoms with Crippen molar-refractivity contribution in [3.63, 3.8) is 0 Å². The van der Waals surface area contributed by atoms with Gasteiger partial charge in [0, 0.05) is 5.57 Å². The van der Waals surface area contributed by atoms with E-state index in [1.807, 2.05) is 0 Å². The van der Waals surface area contributed by atoms with Gasteiger partial charge in [-0.15, -0.1) is 0 Å². The lowest BCUT2D eigenvalue weighted by molar-refractivity contribution is -0.142. The number of carbonyl (C=O) groups excluding carboxylic acids is 2. The molecule has 1 aromatic carbocycles. The number of methoxy groups -OCH3 is 1. The number of hydrogen-bond acceptors (Lipinski definition) is 4. The van der Waals surface area contributed by atoms with Crippen LogP contribution in [0.1, 0.15) is 18.9 Å². The molecule has 0 saturated carbocycles. The fourth-order valence-electron chi connectivity index (χ4n) is 1.46. The molecular formula is C14H15ClO4. The number of rotatable bonds is 6. The second-order valence-electron chi connectivity index (χ2n) is 3.67. The maximum absolute atomic E-state index is 11.4. The van der Waals surface area contributed by atoms with E-state index >= 15 is 0 Å². The van der Waals surface area contributed by atoms with E-state index in [4.69, 9.17) is 21.1 Å². The molecule has 1 aromatic rings. The van der Waals surface area contributed by atoms with Crippen LogP contribution >= 0.6 is 11.6 Å². The largest absolute Gasteiger partial charge is 0.497 e. The molecule has 0 heterocycles. The number of hydrogen-bond donors (Lipinski definition) is 0. The molecule has 0 unspecified atom stereocenters. The molecule has 1 rings (SSSR count). The minimum Gasteiger partial charge on any atom is -0.497 e. The highest BCUT2D eigenvalue weighted by atomic mass is 35.5. The lowest BCUT2D eigenvalue weighted by Gasteiger charge is -2.06. The number of benzene rings is 1. The molecule has 19 heavy (non-hydrogen) atoms. The second kappa shape index (κ2) is 7.59. The molecule has 0 fully saturated rings. The van der Waals surface area contributed by atoms with Crippen LogP contribution < -0.4 is 4.74 Å². The van der Waals surface area contributed by atoms with Gasteiger partial charge in [0.1, 0.15) is 12.0 Å². The van der Waals surface area contributed by atoms with E-state index in [0.29, 0.717) is 17.6 Å². The van der Waals surface area contributed by atoms with Gasteiger partial charge < -0.3 is 9.47 Å². The lowest BCUT2D eigenvalue weighted by atomic mass is 10.1. The van der Waals surface area contributed by atoms with Crippen LogP contribution in [0.5, 0.6) is 5.75 Å². The van der Waals surface area contributed by atoms with Crippen molar-refractivity contribution < 1.29 is 19.1 Å². The predicted molar refractivity (Wildman–Crippen MR) is 73.1 cm³/mol. The average molecular weight is 283 g/mol. The lowest BCUT2D eigenvalue weighted by Crippen LogP contribution is -2.06. The minimum atomic E-state index is -0.476. The van der Waals surface area contributed by atoms with Crippen molar-refractivity contribution in [3.8, 4) is 5.75 Å². The summed E-state index contributed by atoms with van der Waals surface area (Å²) in [4.78, 5) is 22.4. The van der Waals surface area contributed by atoms with Gasteiger partial charge in [-0.2, -0.15) is 0 Å².